The number of aryl methyl sites for hydroxylation is 1. The van der Waals surface area contributed by atoms with Crippen LogP contribution in [0.15, 0.2) is 24.3 Å². The van der Waals surface area contributed by atoms with Gasteiger partial charge in [-0.2, -0.15) is 0 Å². The first-order chi connectivity index (χ1) is 7.09. The standard InChI is InChI=1S/C12H18N2S/c1-9(2)14-12(15)13-8-11-7-5-4-6-10(11)3/h4-7,9H,8H2,1-3H3,(H2,13,14,15). The smallest absolute Gasteiger partial charge is 0.166 e. The van der Waals surface area contributed by atoms with Crippen LogP contribution in [0.25, 0.3) is 0 Å². The molecule has 3 heteroatoms. The molecule has 2 N–H and O–H groups in total. The molecular weight excluding hydrogens is 204 g/mol. The first kappa shape index (κ1) is 12.0. The van der Waals surface area contributed by atoms with Crippen LogP contribution < -0.4 is 10.6 Å². The summed E-state index contributed by atoms with van der Waals surface area (Å²) in [6.45, 7) is 7.03. The fourth-order valence-corrected chi connectivity index (χ4v) is 1.61. The van der Waals surface area contributed by atoms with Crippen molar-refractivity contribution in [3.05, 3.63) is 35.4 Å². The maximum atomic E-state index is 5.15. The van der Waals surface area contributed by atoms with Crippen molar-refractivity contribution in [2.45, 2.75) is 33.4 Å². The lowest BCUT2D eigenvalue weighted by atomic mass is 10.1. The molecule has 0 aliphatic rings. The highest BCUT2D eigenvalue weighted by atomic mass is 32.1. The van der Waals surface area contributed by atoms with Gasteiger partial charge in [0, 0.05) is 12.6 Å². The topological polar surface area (TPSA) is 24.1 Å². The van der Waals surface area contributed by atoms with Crippen LogP contribution in [0.3, 0.4) is 0 Å². The third-order valence-corrected chi connectivity index (χ3v) is 2.38. The Morgan fingerprint density at radius 3 is 2.60 bits per heavy atom. The van der Waals surface area contributed by atoms with E-state index in [1.165, 1.54) is 11.1 Å². The fraction of sp³-hybridized carbons (Fsp3) is 0.417. The number of benzene rings is 1. The van der Waals surface area contributed by atoms with E-state index in [0.717, 1.165) is 6.54 Å². The number of hydrogen-bond acceptors (Lipinski definition) is 1. The minimum atomic E-state index is 0.377. The number of nitrogens with one attached hydrogen (secondary N) is 2. The zero-order chi connectivity index (χ0) is 11.3. The molecule has 15 heavy (non-hydrogen) atoms. The van der Waals surface area contributed by atoms with Gasteiger partial charge < -0.3 is 10.6 Å². The van der Waals surface area contributed by atoms with Crippen LogP contribution in [0.1, 0.15) is 25.0 Å². The number of hydrogen-bond donors (Lipinski definition) is 2. The summed E-state index contributed by atoms with van der Waals surface area (Å²) < 4.78 is 0. The van der Waals surface area contributed by atoms with E-state index in [9.17, 15) is 0 Å². The van der Waals surface area contributed by atoms with Crippen molar-refractivity contribution >= 4 is 17.3 Å². The second kappa shape index (κ2) is 5.71. The van der Waals surface area contributed by atoms with Gasteiger partial charge >= 0.3 is 0 Å². The van der Waals surface area contributed by atoms with Crippen LogP contribution in [0, 0.1) is 6.92 Å². The van der Waals surface area contributed by atoms with Gasteiger partial charge in [-0.3, -0.25) is 0 Å². The van der Waals surface area contributed by atoms with Gasteiger partial charge in [0.15, 0.2) is 5.11 Å². The lowest BCUT2D eigenvalue weighted by Gasteiger charge is -2.13. The molecule has 1 rings (SSSR count). The molecule has 0 aliphatic heterocycles. The fourth-order valence-electron chi connectivity index (χ4n) is 1.30. The van der Waals surface area contributed by atoms with Gasteiger partial charge in [-0.1, -0.05) is 24.3 Å². The summed E-state index contributed by atoms with van der Waals surface area (Å²) in [4.78, 5) is 0. The summed E-state index contributed by atoms with van der Waals surface area (Å²) in [7, 11) is 0. The average molecular weight is 222 g/mol. The molecule has 0 aliphatic carbocycles. The van der Waals surface area contributed by atoms with Crippen LogP contribution in [-0.2, 0) is 6.54 Å². The Labute approximate surface area is 97.1 Å². The van der Waals surface area contributed by atoms with Crippen LogP contribution in [0.5, 0.6) is 0 Å². The Bertz CT molecular complexity index is 334. The third kappa shape index (κ3) is 4.30. The highest BCUT2D eigenvalue weighted by Crippen LogP contribution is 2.05. The van der Waals surface area contributed by atoms with E-state index in [0.29, 0.717) is 11.2 Å². The average Bonchev–Trinajstić information content (AvgIpc) is 2.15. The van der Waals surface area contributed by atoms with Gasteiger partial charge in [-0.05, 0) is 44.1 Å². The molecule has 1 aromatic rings. The van der Waals surface area contributed by atoms with E-state index in [2.05, 4.69) is 43.5 Å². The molecule has 0 fully saturated rings. The molecular formula is C12H18N2S. The maximum absolute atomic E-state index is 5.15. The van der Waals surface area contributed by atoms with Crippen LogP contribution in [-0.4, -0.2) is 11.2 Å². The number of rotatable bonds is 3. The lowest BCUT2D eigenvalue weighted by molar-refractivity contribution is 0.712. The Hall–Kier alpha value is -1.09. The van der Waals surface area contributed by atoms with Crippen molar-refractivity contribution in [1.29, 1.82) is 0 Å². The quantitative estimate of drug-likeness (QED) is 0.768. The summed E-state index contributed by atoms with van der Waals surface area (Å²) in [5, 5.41) is 7.06. The van der Waals surface area contributed by atoms with Crippen molar-refractivity contribution in [2.75, 3.05) is 0 Å². The zero-order valence-corrected chi connectivity index (χ0v) is 10.3. The third-order valence-electron chi connectivity index (χ3n) is 2.12. The predicted octanol–water partition coefficient (Wildman–Crippen LogP) is 2.37. The molecule has 0 amide bonds. The molecule has 1 aromatic carbocycles. The van der Waals surface area contributed by atoms with Gasteiger partial charge in [0.05, 0.1) is 0 Å². The van der Waals surface area contributed by atoms with Gasteiger partial charge in [-0.15, -0.1) is 0 Å². The Morgan fingerprint density at radius 1 is 1.33 bits per heavy atom. The highest BCUT2D eigenvalue weighted by molar-refractivity contribution is 7.80. The van der Waals surface area contributed by atoms with Crippen molar-refractivity contribution in [3.63, 3.8) is 0 Å². The van der Waals surface area contributed by atoms with Crippen molar-refractivity contribution < 1.29 is 0 Å². The summed E-state index contributed by atoms with van der Waals surface area (Å²) >= 11 is 5.15. The molecule has 0 aromatic heterocycles. The number of thiocarbonyl (C=S) groups is 1. The first-order valence-corrected chi connectivity index (χ1v) is 5.59. The molecule has 0 heterocycles. The van der Waals surface area contributed by atoms with Crippen LogP contribution in [0.4, 0.5) is 0 Å². The largest absolute Gasteiger partial charge is 0.361 e. The Morgan fingerprint density at radius 2 is 2.00 bits per heavy atom. The van der Waals surface area contributed by atoms with E-state index in [1.54, 1.807) is 0 Å². The summed E-state index contributed by atoms with van der Waals surface area (Å²) in [5.74, 6) is 0. The molecule has 0 saturated carbocycles. The van der Waals surface area contributed by atoms with Crippen LogP contribution >= 0.6 is 12.2 Å². The van der Waals surface area contributed by atoms with E-state index < -0.39 is 0 Å². The van der Waals surface area contributed by atoms with Gasteiger partial charge in [0.2, 0.25) is 0 Å². The summed E-state index contributed by atoms with van der Waals surface area (Å²) in [6, 6.07) is 8.68. The minimum absolute atomic E-state index is 0.377. The van der Waals surface area contributed by atoms with E-state index in [4.69, 9.17) is 12.2 Å². The maximum Gasteiger partial charge on any atom is 0.166 e. The summed E-state index contributed by atoms with van der Waals surface area (Å²) in [5.41, 5.74) is 2.57. The molecule has 82 valence electrons. The van der Waals surface area contributed by atoms with Crippen molar-refractivity contribution in [3.8, 4) is 0 Å². The molecule has 0 bridgehead atoms. The van der Waals surface area contributed by atoms with Crippen LogP contribution in [0.2, 0.25) is 0 Å². The molecule has 0 spiro atoms. The Kier molecular flexibility index (Phi) is 4.56. The lowest BCUT2D eigenvalue weighted by Crippen LogP contribution is -2.38. The SMILES string of the molecule is Cc1ccccc1CNC(=S)NC(C)C. The second-order valence-corrected chi connectivity index (χ2v) is 4.32. The molecule has 0 saturated heterocycles. The van der Waals surface area contributed by atoms with Gasteiger partial charge in [0.25, 0.3) is 0 Å². The minimum Gasteiger partial charge on any atom is -0.361 e. The molecule has 0 atom stereocenters. The summed E-state index contributed by atoms with van der Waals surface area (Å²) in [6.07, 6.45) is 0. The van der Waals surface area contributed by atoms with Gasteiger partial charge in [-0.25, -0.2) is 0 Å². The molecule has 0 unspecified atom stereocenters. The monoisotopic (exact) mass is 222 g/mol. The zero-order valence-electron chi connectivity index (χ0n) is 9.50. The second-order valence-electron chi connectivity index (χ2n) is 3.91. The van der Waals surface area contributed by atoms with Gasteiger partial charge in [0.1, 0.15) is 0 Å². The van der Waals surface area contributed by atoms with E-state index >= 15 is 0 Å². The highest BCUT2D eigenvalue weighted by Gasteiger charge is 1.99. The normalized spacial score (nSPS) is 10.1. The van der Waals surface area contributed by atoms with Crippen molar-refractivity contribution in [2.24, 2.45) is 0 Å². The molecule has 0 radical (unpaired) electrons. The Balaban J connectivity index is 2.44. The van der Waals surface area contributed by atoms with E-state index in [-0.39, 0.29) is 0 Å². The molecule has 2 nitrogen and oxygen atoms in total. The predicted molar refractivity (Wildman–Crippen MR) is 68.9 cm³/mol. The van der Waals surface area contributed by atoms with Crippen molar-refractivity contribution in [1.82, 2.24) is 10.6 Å². The van der Waals surface area contributed by atoms with E-state index in [1.807, 2.05) is 12.1 Å². The first-order valence-electron chi connectivity index (χ1n) is 5.18.